The van der Waals surface area contributed by atoms with Crippen molar-refractivity contribution in [3.63, 3.8) is 0 Å². The van der Waals surface area contributed by atoms with Gasteiger partial charge in [-0.2, -0.15) is 0 Å². The summed E-state index contributed by atoms with van der Waals surface area (Å²) in [6.07, 6.45) is 5.02. The molecule has 3 rings (SSSR count). The molecular formula is C21H27N3O5S2. The maximum absolute atomic E-state index is 12.9. The van der Waals surface area contributed by atoms with Crippen LogP contribution in [0.3, 0.4) is 0 Å². The summed E-state index contributed by atoms with van der Waals surface area (Å²) in [7, 11) is -0.854. The van der Waals surface area contributed by atoms with E-state index in [2.05, 4.69) is 9.71 Å². The van der Waals surface area contributed by atoms with Crippen molar-refractivity contribution in [1.29, 1.82) is 0 Å². The largest absolute Gasteiger partial charge is 0.497 e. The van der Waals surface area contributed by atoms with Crippen molar-refractivity contribution in [2.24, 2.45) is 5.92 Å². The van der Waals surface area contributed by atoms with E-state index in [0.29, 0.717) is 30.9 Å². The highest BCUT2D eigenvalue weighted by Crippen LogP contribution is 2.28. The molecule has 1 aliphatic heterocycles. The molecule has 0 bridgehead atoms. The molecule has 1 aromatic heterocycles. The average molecular weight is 466 g/mol. The van der Waals surface area contributed by atoms with Crippen LogP contribution < -0.4 is 14.2 Å². The summed E-state index contributed by atoms with van der Waals surface area (Å²) in [6, 6.07) is 8.22. The number of pyridine rings is 1. The molecule has 1 aliphatic rings. The van der Waals surface area contributed by atoms with Crippen molar-refractivity contribution >= 4 is 27.7 Å². The molecule has 0 radical (unpaired) electrons. The minimum absolute atomic E-state index is 0.0300. The maximum Gasteiger partial charge on any atom is 0.256 e. The van der Waals surface area contributed by atoms with Gasteiger partial charge in [-0.3, -0.25) is 4.79 Å². The Kier molecular flexibility index (Phi) is 7.79. The van der Waals surface area contributed by atoms with Crippen molar-refractivity contribution in [3.8, 4) is 11.5 Å². The number of benzene rings is 1. The van der Waals surface area contributed by atoms with Crippen molar-refractivity contribution in [2.75, 3.05) is 40.1 Å². The molecule has 168 valence electrons. The molecule has 10 heteroatoms. The average Bonchev–Trinajstić information content (AvgIpc) is 2.82. The summed E-state index contributed by atoms with van der Waals surface area (Å²) in [4.78, 5) is 19.0. The number of sulfonamides is 1. The number of rotatable bonds is 8. The zero-order valence-corrected chi connectivity index (χ0v) is 19.5. The molecule has 0 spiro atoms. The molecule has 8 nitrogen and oxygen atoms in total. The summed E-state index contributed by atoms with van der Waals surface area (Å²) in [6.45, 7) is 1.46. The molecule has 0 aliphatic carbocycles. The minimum atomic E-state index is -3.76. The topological polar surface area (TPSA) is 97.8 Å². The standard InChI is InChI=1S/C21H27N3O5S2/c1-28-16-6-7-18(29-2)19(13-16)31(26,27)23-14-15-8-11-24(12-9-15)21(25)17-5-4-10-22-20(17)30-3/h4-7,10,13,15,23H,8-9,11-12,14H2,1-3H3. The number of amides is 1. The zero-order chi connectivity index (χ0) is 22.4. The Morgan fingerprint density at radius 2 is 1.97 bits per heavy atom. The third-order valence-electron chi connectivity index (χ3n) is 5.32. The number of hydrogen-bond acceptors (Lipinski definition) is 7. The number of aromatic nitrogens is 1. The molecule has 2 heterocycles. The number of nitrogens with zero attached hydrogens (tertiary/aromatic N) is 2. The predicted octanol–water partition coefficient (Wildman–Crippen LogP) is 2.65. The van der Waals surface area contributed by atoms with E-state index in [-0.39, 0.29) is 22.5 Å². The lowest BCUT2D eigenvalue weighted by molar-refractivity contribution is 0.0687. The number of likely N-dealkylation sites (tertiary alicyclic amines) is 1. The van der Waals surface area contributed by atoms with E-state index >= 15 is 0 Å². The fourth-order valence-electron chi connectivity index (χ4n) is 3.53. The fourth-order valence-corrected chi connectivity index (χ4v) is 5.37. The number of ether oxygens (including phenoxy) is 2. The van der Waals surface area contributed by atoms with Crippen molar-refractivity contribution in [3.05, 3.63) is 42.1 Å². The van der Waals surface area contributed by atoms with E-state index < -0.39 is 10.0 Å². The second kappa shape index (κ2) is 10.3. The van der Waals surface area contributed by atoms with E-state index in [4.69, 9.17) is 9.47 Å². The third-order valence-corrected chi connectivity index (χ3v) is 7.48. The van der Waals surface area contributed by atoms with Gasteiger partial charge in [-0.1, -0.05) is 0 Å². The number of carbonyl (C=O) groups is 1. The number of nitrogens with one attached hydrogen (secondary N) is 1. The van der Waals surface area contributed by atoms with Crippen LogP contribution in [0, 0.1) is 5.92 Å². The number of hydrogen-bond donors (Lipinski definition) is 1. The molecule has 31 heavy (non-hydrogen) atoms. The normalized spacial score (nSPS) is 15.0. The third kappa shape index (κ3) is 5.50. The fraction of sp³-hybridized carbons (Fsp3) is 0.429. The van der Waals surface area contributed by atoms with E-state index in [0.717, 1.165) is 17.9 Å². The molecule has 0 atom stereocenters. The number of carbonyl (C=O) groups excluding carboxylic acids is 1. The second-order valence-corrected chi connectivity index (χ2v) is 9.69. The molecular weight excluding hydrogens is 438 g/mol. The molecule has 1 aromatic carbocycles. The van der Waals surface area contributed by atoms with E-state index in [1.54, 1.807) is 30.5 Å². The first-order chi connectivity index (χ1) is 14.9. The van der Waals surface area contributed by atoms with Gasteiger partial charge in [0.15, 0.2) is 0 Å². The van der Waals surface area contributed by atoms with E-state index in [1.807, 2.05) is 11.2 Å². The van der Waals surface area contributed by atoms with Gasteiger partial charge in [-0.25, -0.2) is 18.1 Å². The Morgan fingerprint density at radius 1 is 1.23 bits per heavy atom. The molecule has 1 fully saturated rings. The number of methoxy groups -OCH3 is 2. The molecule has 1 amide bonds. The Bertz CT molecular complexity index is 1020. The Hall–Kier alpha value is -2.30. The number of piperidine rings is 1. The summed E-state index contributed by atoms with van der Waals surface area (Å²) < 4.78 is 38.7. The summed E-state index contributed by atoms with van der Waals surface area (Å²) >= 11 is 1.45. The van der Waals surface area contributed by atoms with Gasteiger partial charge in [0.05, 0.1) is 19.8 Å². The van der Waals surface area contributed by atoms with Gasteiger partial charge in [0, 0.05) is 31.9 Å². The lowest BCUT2D eigenvalue weighted by Crippen LogP contribution is -2.41. The Balaban J connectivity index is 1.60. The van der Waals surface area contributed by atoms with Crippen LogP contribution in [-0.4, -0.2) is 64.3 Å². The summed E-state index contributed by atoms with van der Waals surface area (Å²) in [5.41, 5.74) is 0.610. The van der Waals surface area contributed by atoms with Crippen molar-refractivity contribution in [1.82, 2.24) is 14.6 Å². The minimum Gasteiger partial charge on any atom is -0.497 e. The summed E-state index contributed by atoms with van der Waals surface area (Å²) in [5, 5.41) is 0.717. The summed E-state index contributed by atoms with van der Waals surface area (Å²) in [5.74, 6) is 0.810. The monoisotopic (exact) mass is 465 g/mol. The van der Waals surface area contributed by atoms with Crippen molar-refractivity contribution < 1.29 is 22.7 Å². The second-order valence-electron chi connectivity index (χ2n) is 7.16. The highest BCUT2D eigenvalue weighted by Gasteiger charge is 2.27. The Morgan fingerprint density at radius 3 is 2.61 bits per heavy atom. The van der Waals surface area contributed by atoms with Crippen LogP contribution in [0.2, 0.25) is 0 Å². The van der Waals surface area contributed by atoms with Gasteiger partial charge in [0.25, 0.3) is 5.91 Å². The first-order valence-electron chi connectivity index (χ1n) is 9.89. The lowest BCUT2D eigenvalue weighted by atomic mass is 9.97. The van der Waals surface area contributed by atoms with Crippen molar-refractivity contribution in [2.45, 2.75) is 22.8 Å². The van der Waals surface area contributed by atoms with E-state index in [1.165, 1.54) is 32.0 Å². The van der Waals surface area contributed by atoms with E-state index in [9.17, 15) is 13.2 Å². The van der Waals surface area contributed by atoms with Gasteiger partial charge < -0.3 is 14.4 Å². The predicted molar refractivity (Wildman–Crippen MR) is 119 cm³/mol. The maximum atomic E-state index is 12.9. The van der Waals surface area contributed by atoms with Gasteiger partial charge in [0.2, 0.25) is 10.0 Å². The van der Waals surface area contributed by atoms with Gasteiger partial charge in [0.1, 0.15) is 21.4 Å². The van der Waals surface area contributed by atoms with Crippen LogP contribution in [0.25, 0.3) is 0 Å². The smallest absolute Gasteiger partial charge is 0.256 e. The quantitative estimate of drug-likeness (QED) is 0.599. The first-order valence-corrected chi connectivity index (χ1v) is 12.6. The van der Waals surface area contributed by atoms with Crippen LogP contribution >= 0.6 is 11.8 Å². The molecule has 1 saturated heterocycles. The van der Waals surface area contributed by atoms with Crippen LogP contribution in [0.5, 0.6) is 11.5 Å². The number of thioether (sulfide) groups is 1. The molecule has 1 N–H and O–H groups in total. The molecule has 0 unspecified atom stereocenters. The van der Waals surface area contributed by atoms with Gasteiger partial charge >= 0.3 is 0 Å². The highest BCUT2D eigenvalue weighted by molar-refractivity contribution is 7.98. The lowest BCUT2D eigenvalue weighted by Gasteiger charge is -2.32. The van der Waals surface area contributed by atoms with Gasteiger partial charge in [-0.05, 0) is 49.3 Å². The van der Waals surface area contributed by atoms with Gasteiger partial charge in [-0.15, -0.1) is 11.8 Å². The highest BCUT2D eigenvalue weighted by atomic mass is 32.2. The van der Waals surface area contributed by atoms with Crippen LogP contribution in [0.15, 0.2) is 46.5 Å². The zero-order valence-electron chi connectivity index (χ0n) is 17.8. The van der Waals surface area contributed by atoms with Crippen LogP contribution in [0.4, 0.5) is 0 Å². The Labute approximate surface area is 187 Å². The molecule has 0 saturated carbocycles. The SMILES string of the molecule is COc1ccc(OC)c(S(=O)(=O)NCC2CCN(C(=O)c3cccnc3SC)CC2)c1. The first kappa shape index (κ1) is 23.4. The van der Waals surface area contributed by atoms with Crippen LogP contribution in [-0.2, 0) is 10.0 Å². The van der Waals surface area contributed by atoms with Crippen LogP contribution in [0.1, 0.15) is 23.2 Å². The molecule has 2 aromatic rings.